The Morgan fingerprint density at radius 3 is 2.59 bits per heavy atom. The first kappa shape index (κ1) is 13.0. The number of hydrazone groups is 1. The van der Waals surface area contributed by atoms with Gasteiger partial charge in [-0.1, -0.05) is 15.9 Å². The van der Waals surface area contributed by atoms with Gasteiger partial charge in [-0.25, -0.2) is 0 Å². The highest BCUT2D eigenvalue weighted by Crippen LogP contribution is 2.33. The lowest BCUT2D eigenvalue weighted by Crippen LogP contribution is -2.00. The summed E-state index contributed by atoms with van der Waals surface area (Å²) in [4.78, 5) is 0. The molecule has 1 N–H and O–H groups in total. The number of nitrogens with zero attached hydrogens (tertiary/aromatic N) is 3. The van der Waals surface area contributed by atoms with Crippen LogP contribution in [-0.4, -0.2) is 12.8 Å². The van der Waals surface area contributed by atoms with Gasteiger partial charge in [-0.3, -0.25) is 5.43 Å². The van der Waals surface area contributed by atoms with E-state index in [4.69, 9.17) is 15.3 Å². The molecule has 1 aromatic rings. The fraction of sp³-hybridized carbons (Fsp3) is 0.182. The highest BCUT2D eigenvalue weighted by molar-refractivity contribution is 9.10. The second-order valence-electron chi connectivity index (χ2n) is 3.05. The van der Waals surface area contributed by atoms with E-state index in [-0.39, 0.29) is 5.71 Å². The van der Waals surface area contributed by atoms with E-state index >= 15 is 0 Å². The molecule has 0 saturated heterocycles. The molecule has 0 aliphatic heterocycles. The first-order valence-electron chi connectivity index (χ1n) is 4.61. The maximum atomic E-state index is 8.57. The summed E-state index contributed by atoms with van der Waals surface area (Å²) in [7, 11) is 1.53. The maximum Gasteiger partial charge on any atom is 0.237 e. The van der Waals surface area contributed by atoms with Crippen molar-refractivity contribution in [2.45, 2.75) is 6.92 Å². The molecule has 0 amide bonds. The van der Waals surface area contributed by atoms with Gasteiger partial charge < -0.3 is 4.74 Å². The Bertz CT molecular complexity index is 524. The summed E-state index contributed by atoms with van der Waals surface area (Å²) in [5.41, 5.74) is 3.91. The number of methoxy groups -OCH3 is 1. The van der Waals surface area contributed by atoms with Gasteiger partial charge in [-0.15, -0.1) is 0 Å². The van der Waals surface area contributed by atoms with Gasteiger partial charge >= 0.3 is 0 Å². The minimum absolute atomic E-state index is 0.244. The summed E-state index contributed by atoms with van der Waals surface area (Å²) in [5.74, 6) is 0.588. The molecule has 0 saturated carbocycles. The molecular formula is C11H9BrN4O. The van der Waals surface area contributed by atoms with Crippen LogP contribution in [-0.2, 0) is 0 Å². The highest BCUT2D eigenvalue weighted by Gasteiger charge is 2.09. The summed E-state index contributed by atoms with van der Waals surface area (Å²) in [5, 5.41) is 20.8. The Hall–Kier alpha value is -2.05. The number of hydrogen-bond acceptors (Lipinski definition) is 5. The molecule has 0 spiro atoms. The van der Waals surface area contributed by atoms with E-state index in [1.54, 1.807) is 18.2 Å². The quantitative estimate of drug-likeness (QED) is 0.686. The molecule has 0 atom stereocenters. The van der Waals surface area contributed by atoms with Gasteiger partial charge in [-0.05, 0) is 24.6 Å². The van der Waals surface area contributed by atoms with Crippen LogP contribution < -0.4 is 10.2 Å². The fourth-order valence-electron chi connectivity index (χ4n) is 1.16. The Kier molecular flexibility index (Phi) is 4.50. The Morgan fingerprint density at radius 1 is 1.41 bits per heavy atom. The summed E-state index contributed by atoms with van der Waals surface area (Å²) in [6, 6.07) is 6.94. The van der Waals surface area contributed by atoms with Crippen LogP contribution in [0.15, 0.2) is 21.7 Å². The molecule has 1 aromatic carbocycles. The third kappa shape index (κ3) is 2.96. The van der Waals surface area contributed by atoms with Crippen molar-refractivity contribution in [1.82, 2.24) is 0 Å². The third-order valence-corrected chi connectivity index (χ3v) is 2.93. The largest absolute Gasteiger partial charge is 0.495 e. The van der Waals surface area contributed by atoms with E-state index in [2.05, 4.69) is 26.5 Å². The zero-order valence-electron chi connectivity index (χ0n) is 9.28. The fourth-order valence-corrected chi connectivity index (χ4v) is 1.49. The van der Waals surface area contributed by atoms with E-state index in [1.807, 2.05) is 13.0 Å². The smallest absolute Gasteiger partial charge is 0.237 e. The molecule has 0 aliphatic rings. The van der Waals surface area contributed by atoms with Crippen LogP contribution in [0.3, 0.4) is 0 Å². The number of anilines is 1. The highest BCUT2D eigenvalue weighted by atomic mass is 79.9. The monoisotopic (exact) mass is 292 g/mol. The minimum Gasteiger partial charge on any atom is -0.495 e. The van der Waals surface area contributed by atoms with Crippen LogP contribution >= 0.6 is 15.9 Å². The lowest BCUT2D eigenvalue weighted by atomic mass is 10.2. The molecule has 86 valence electrons. The van der Waals surface area contributed by atoms with Gasteiger partial charge in [-0.2, -0.15) is 15.6 Å². The van der Waals surface area contributed by atoms with Crippen molar-refractivity contribution in [3.05, 3.63) is 22.2 Å². The molecule has 17 heavy (non-hydrogen) atoms. The zero-order valence-corrected chi connectivity index (χ0v) is 10.9. The average Bonchev–Trinajstić information content (AvgIpc) is 2.35. The average molecular weight is 293 g/mol. The predicted molar refractivity (Wildman–Crippen MR) is 67.7 cm³/mol. The van der Waals surface area contributed by atoms with E-state index < -0.39 is 0 Å². The van der Waals surface area contributed by atoms with Crippen molar-refractivity contribution in [3.63, 3.8) is 0 Å². The normalized spacial score (nSPS) is 8.76. The molecule has 0 radical (unpaired) electrons. The lowest BCUT2D eigenvalue weighted by Gasteiger charge is -2.11. The van der Waals surface area contributed by atoms with Gasteiger partial charge in [0.2, 0.25) is 5.71 Å². The zero-order chi connectivity index (χ0) is 12.8. The second kappa shape index (κ2) is 5.88. The Balaban J connectivity index is 3.15. The van der Waals surface area contributed by atoms with Gasteiger partial charge in [0.25, 0.3) is 0 Å². The standard InChI is InChI=1S/C11H9BrN4O/c1-7-9(12)3-4-10(17-2)11(7)16-15-8(5-13)6-14/h3-4,16H,1-2H3. The van der Waals surface area contributed by atoms with Gasteiger partial charge in [0.1, 0.15) is 23.6 Å². The number of halogens is 1. The molecule has 0 fully saturated rings. The first-order valence-corrected chi connectivity index (χ1v) is 5.40. The Labute approximate surface area is 107 Å². The van der Waals surface area contributed by atoms with Crippen molar-refractivity contribution in [3.8, 4) is 17.9 Å². The topological polar surface area (TPSA) is 81.2 Å². The number of ether oxygens (including phenoxy) is 1. The molecule has 0 heterocycles. The van der Waals surface area contributed by atoms with Crippen LogP contribution in [0.2, 0.25) is 0 Å². The van der Waals surface area contributed by atoms with Crippen molar-refractivity contribution in [1.29, 1.82) is 10.5 Å². The SMILES string of the molecule is COc1ccc(Br)c(C)c1NN=C(C#N)C#N. The summed E-state index contributed by atoms with van der Waals surface area (Å²) < 4.78 is 6.04. The molecule has 0 unspecified atom stereocenters. The van der Waals surface area contributed by atoms with Gasteiger partial charge in [0.15, 0.2) is 0 Å². The van der Waals surface area contributed by atoms with Crippen molar-refractivity contribution in [2.24, 2.45) is 5.10 Å². The lowest BCUT2D eigenvalue weighted by molar-refractivity contribution is 0.416. The van der Waals surface area contributed by atoms with Crippen LogP contribution in [0, 0.1) is 29.6 Å². The van der Waals surface area contributed by atoms with Gasteiger partial charge in [0, 0.05) is 4.47 Å². The summed E-state index contributed by atoms with van der Waals surface area (Å²) in [6.07, 6.45) is 0. The number of nitriles is 2. The molecule has 0 aromatic heterocycles. The summed E-state index contributed by atoms with van der Waals surface area (Å²) >= 11 is 3.38. The van der Waals surface area contributed by atoms with Crippen LogP contribution in [0.5, 0.6) is 5.75 Å². The van der Waals surface area contributed by atoms with E-state index in [0.29, 0.717) is 11.4 Å². The number of rotatable bonds is 3. The molecule has 5 nitrogen and oxygen atoms in total. The molecule has 0 bridgehead atoms. The van der Waals surface area contributed by atoms with Crippen molar-refractivity contribution >= 4 is 27.3 Å². The molecular weight excluding hydrogens is 284 g/mol. The molecule has 1 rings (SSSR count). The second-order valence-corrected chi connectivity index (χ2v) is 3.90. The predicted octanol–water partition coefficient (Wildman–Crippen LogP) is 2.58. The molecule has 0 aliphatic carbocycles. The summed E-state index contributed by atoms with van der Waals surface area (Å²) in [6.45, 7) is 1.86. The minimum atomic E-state index is -0.244. The first-order chi connectivity index (χ1) is 8.13. The number of hydrogen-bond donors (Lipinski definition) is 1. The number of nitrogens with one attached hydrogen (secondary N) is 1. The van der Waals surface area contributed by atoms with Crippen LogP contribution in [0.4, 0.5) is 5.69 Å². The van der Waals surface area contributed by atoms with Crippen LogP contribution in [0.25, 0.3) is 0 Å². The molecule has 6 heteroatoms. The Morgan fingerprint density at radius 2 is 2.06 bits per heavy atom. The third-order valence-electron chi connectivity index (χ3n) is 2.07. The van der Waals surface area contributed by atoms with Crippen molar-refractivity contribution in [2.75, 3.05) is 12.5 Å². The van der Waals surface area contributed by atoms with E-state index in [0.717, 1.165) is 10.0 Å². The van der Waals surface area contributed by atoms with E-state index in [9.17, 15) is 0 Å². The van der Waals surface area contributed by atoms with Crippen LogP contribution in [0.1, 0.15) is 5.56 Å². The van der Waals surface area contributed by atoms with Gasteiger partial charge in [0.05, 0.1) is 7.11 Å². The van der Waals surface area contributed by atoms with Crippen molar-refractivity contribution < 1.29 is 4.74 Å². The number of benzene rings is 1. The van der Waals surface area contributed by atoms with E-state index in [1.165, 1.54) is 7.11 Å². The maximum absolute atomic E-state index is 8.57.